The first-order chi connectivity index (χ1) is 9.02. The van der Waals surface area contributed by atoms with E-state index in [2.05, 4.69) is 25.7 Å². The van der Waals surface area contributed by atoms with Crippen molar-refractivity contribution in [2.24, 2.45) is 0 Å². The lowest BCUT2D eigenvalue weighted by Crippen LogP contribution is -2.09. The predicted octanol–water partition coefficient (Wildman–Crippen LogP) is 2.37. The maximum atomic E-state index is 11.5. The van der Waals surface area contributed by atoms with Gasteiger partial charge in [0.25, 0.3) is 0 Å². The first-order valence-corrected chi connectivity index (χ1v) is 6.47. The molecule has 2 rings (SSSR count). The second kappa shape index (κ2) is 5.44. The highest BCUT2D eigenvalue weighted by Crippen LogP contribution is 2.18. The van der Waals surface area contributed by atoms with Gasteiger partial charge in [-0.05, 0) is 24.6 Å². The molecule has 0 saturated carbocycles. The summed E-state index contributed by atoms with van der Waals surface area (Å²) < 4.78 is 7.45. The fraction of sp³-hybridized carbons (Fsp3) is 0.231. The summed E-state index contributed by atoms with van der Waals surface area (Å²) in [5.41, 5.74) is 7.19. The molecule has 1 aromatic heterocycles. The maximum absolute atomic E-state index is 11.5. The number of benzene rings is 1. The zero-order chi connectivity index (χ0) is 14.0. The molecule has 0 radical (unpaired) electrons. The number of aromatic nitrogens is 2. The summed E-state index contributed by atoms with van der Waals surface area (Å²) in [6.45, 7) is 2.37. The third-order valence-electron chi connectivity index (χ3n) is 2.83. The largest absolute Gasteiger partial charge is 0.464 e. The fourth-order valence-corrected chi connectivity index (χ4v) is 2.06. The van der Waals surface area contributed by atoms with E-state index in [1.165, 1.54) is 7.11 Å². The number of carbonyl (C=O) groups excluding carboxylic acids is 1. The van der Waals surface area contributed by atoms with Crippen molar-refractivity contribution in [2.75, 3.05) is 12.8 Å². The lowest BCUT2D eigenvalue weighted by molar-refractivity contribution is 0.0595. The van der Waals surface area contributed by atoms with Crippen LogP contribution in [-0.4, -0.2) is 22.6 Å². The van der Waals surface area contributed by atoms with E-state index in [9.17, 15) is 4.79 Å². The van der Waals surface area contributed by atoms with Crippen molar-refractivity contribution >= 4 is 27.7 Å². The Hall–Kier alpha value is -1.82. The number of methoxy groups -OCH3 is 1. The molecule has 1 aromatic carbocycles. The number of anilines is 1. The van der Waals surface area contributed by atoms with Crippen LogP contribution in [0.5, 0.6) is 0 Å². The Morgan fingerprint density at radius 2 is 2.05 bits per heavy atom. The number of nitrogen functional groups attached to an aromatic ring is 1. The van der Waals surface area contributed by atoms with Crippen LogP contribution in [0.1, 0.15) is 21.9 Å². The Labute approximate surface area is 119 Å². The SMILES string of the molecule is COC(=O)c1nc(C)n(Cc2ccc(Br)cc2)c1N. The van der Waals surface area contributed by atoms with Crippen molar-refractivity contribution in [1.82, 2.24) is 9.55 Å². The molecule has 0 spiro atoms. The number of rotatable bonds is 3. The number of aryl methyl sites for hydroxylation is 1. The Balaban J connectivity index is 2.33. The smallest absolute Gasteiger partial charge is 0.360 e. The Morgan fingerprint density at radius 1 is 1.42 bits per heavy atom. The topological polar surface area (TPSA) is 70.1 Å². The van der Waals surface area contributed by atoms with E-state index in [4.69, 9.17) is 5.73 Å². The van der Waals surface area contributed by atoms with Crippen LogP contribution in [-0.2, 0) is 11.3 Å². The molecule has 2 N–H and O–H groups in total. The van der Waals surface area contributed by atoms with Gasteiger partial charge < -0.3 is 15.0 Å². The Morgan fingerprint density at radius 3 is 2.63 bits per heavy atom. The van der Waals surface area contributed by atoms with E-state index in [1.54, 1.807) is 4.57 Å². The third-order valence-corrected chi connectivity index (χ3v) is 3.36. The number of hydrogen-bond acceptors (Lipinski definition) is 4. The average molecular weight is 324 g/mol. The van der Waals surface area contributed by atoms with Crippen LogP contribution in [0.15, 0.2) is 28.7 Å². The van der Waals surface area contributed by atoms with E-state index in [1.807, 2.05) is 31.2 Å². The lowest BCUT2D eigenvalue weighted by Gasteiger charge is -2.08. The number of halogens is 1. The van der Waals surface area contributed by atoms with Gasteiger partial charge in [0.15, 0.2) is 5.69 Å². The van der Waals surface area contributed by atoms with Crippen molar-refractivity contribution in [2.45, 2.75) is 13.5 Å². The number of esters is 1. The van der Waals surface area contributed by atoms with Crippen LogP contribution >= 0.6 is 15.9 Å². The van der Waals surface area contributed by atoms with E-state index >= 15 is 0 Å². The Kier molecular flexibility index (Phi) is 3.90. The monoisotopic (exact) mass is 323 g/mol. The number of nitrogens with two attached hydrogens (primary N) is 1. The van der Waals surface area contributed by atoms with Crippen LogP contribution in [0, 0.1) is 6.92 Å². The van der Waals surface area contributed by atoms with Gasteiger partial charge in [-0.1, -0.05) is 28.1 Å². The zero-order valence-corrected chi connectivity index (χ0v) is 12.3. The minimum Gasteiger partial charge on any atom is -0.464 e. The van der Waals surface area contributed by atoms with E-state index < -0.39 is 5.97 Å². The lowest BCUT2D eigenvalue weighted by atomic mass is 10.2. The van der Waals surface area contributed by atoms with Gasteiger partial charge in [0.1, 0.15) is 11.6 Å². The maximum Gasteiger partial charge on any atom is 0.360 e. The molecular formula is C13H14BrN3O2. The molecule has 19 heavy (non-hydrogen) atoms. The summed E-state index contributed by atoms with van der Waals surface area (Å²) in [7, 11) is 1.31. The van der Waals surface area contributed by atoms with E-state index in [0.717, 1.165) is 10.0 Å². The summed E-state index contributed by atoms with van der Waals surface area (Å²) in [6.07, 6.45) is 0. The minimum atomic E-state index is -0.518. The van der Waals surface area contributed by atoms with Gasteiger partial charge >= 0.3 is 5.97 Å². The molecule has 0 atom stereocenters. The average Bonchev–Trinajstić information content (AvgIpc) is 2.68. The highest BCUT2D eigenvalue weighted by atomic mass is 79.9. The molecule has 0 fully saturated rings. The number of ether oxygens (including phenoxy) is 1. The van der Waals surface area contributed by atoms with Gasteiger partial charge in [0.05, 0.1) is 13.7 Å². The zero-order valence-electron chi connectivity index (χ0n) is 10.7. The summed E-state index contributed by atoms with van der Waals surface area (Å²) >= 11 is 3.39. The molecule has 0 unspecified atom stereocenters. The van der Waals surface area contributed by atoms with Crippen molar-refractivity contribution in [3.63, 3.8) is 0 Å². The second-order valence-electron chi connectivity index (χ2n) is 4.10. The third kappa shape index (κ3) is 2.78. The van der Waals surface area contributed by atoms with Gasteiger partial charge in [-0.3, -0.25) is 0 Å². The highest BCUT2D eigenvalue weighted by molar-refractivity contribution is 9.10. The summed E-state index contributed by atoms with van der Waals surface area (Å²) in [4.78, 5) is 15.7. The molecule has 6 heteroatoms. The second-order valence-corrected chi connectivity index (χ2v) is 5.01. The Bertz CT molecular complexity index is 605. The first kappa shape index (κ1) is 13.6. The van der Waals surface area contributed by atoms with Crippen LogP contribution in [0.4, 0.5) is 5.82 Å². The van der Waals surface area contributed by atoms with Gasteiger partial charge in [0, 0.05) is 4.47 Å². The molecule has 0 aliphatic rings. The summed E-state index contributed by atoms with van der Waals surface area (Å²) in [5, 5.41) is 0. The molecule has 5 nitrogen and oxygen atoms in total. The van der Waals surface area contributed by atoms with Gasteiger partial charge in [0.2, 0.25) is 0 Å². The number of nitrogens with zero attached hydrogens (tertiary/aromatic N) is 2. The molecule has 0 aliphatic carbocycles. The molecule has 0 amide bonds. The predicted molar refractivity (Wildman–Crippen MR) is 76.0 cm³/mol. The fourth-order valence-electron chi connectivity index (χ4n) is 1.80. The summed E-state index contributed by atoms with van der Waals surface area (Å²) in [5.74, 6) is 0.489. The quantitative estimate of drug-likeness (QED) is 0.880. The number of hydrogen-bond donors (Lipinski definition) is 1. The molecular weight excluding hydrogens is 310 g/mol. The van der Waals surface area contributed by atoms with Gasteiger partial charge in [-0.2, -0.15) is 0 Å². The van der Waals surface area contributed by atoms with Crippen LogP contribution < -0.4 is 5.73 Å². The minimum absolute atomic E-state index is 0.164. The molecule has 2 aromatic rings. The molecule has 100 valence electrons. The van der Waals surface area contributed by atoms with Gasteiger partial charge in [-0.25, -0.2) is 9.78 Å². The molecule has 0 aliphatic heterocycles. The van der Waals surface area contributed by atoms with Crippen molar-refractivity contribution < 1.29 is 9.53 Å². The normalized spacial score (nSPS) is 10.5. The van der Waals surface area contributed by atoms with Crippen molar-refractivity contribution in [3.8, 4) is 0 Å². The van der Waals surface area contributed by atoms with Crippen LogP contribution in [0.2, 0.25) is 0 Å². The molecule has 1 heterocycles. The highest BCUT2D eigenvalue weighted by Gasteiger charge is 2.19. The number of imidazole rings is 1. The summed E-state index contributed by atoms with van der Waals surface area (Å²) in [6, 6.07) is 7.89. The van der Waals surface area contributed by atoms with Crippen molar-refractivity contribution in [3.05, 3.63) is 45.8 Å². The van der Waals surface area contributed by atoms with Crippen LogP contribution in [0.3, 0.4) is 0 Å². The van der Waals surface area contributed by atoms with Crippen LogP contribution in [0.25, 0.3) is 0 Å². The molecule has 0 bridgehead atoms. The standard InChI is InChI=1S/C13H14BrN3O2/c1-8-16-11(13(18)19-2)12(15)17(8)7-9-3-5-10(14)6-4-9/h3-6H,7,15H2,1-2H3. The van der Waals surface area contributed by atoms with Crippen molar-refractivity contribution in [1.29, 1.82) is 0 Å². The van der Waals surface area contributed by atoms with E-state index in [-0.39, 0.29) is 5.69 Å². The number of carbonyl (C=O) groups is 1. The molecule has 0 saturated heterocycles. The van der Waals surface area contributed by atoms with Gasteiger partial charge in [-0.15, -0.1) is 0 Å². The first-order valence-electron chi connectivity index (χ1n) is 5.68. The van der Waals surface area contributed by atoms with E-state index in [0.29, 0.717) is 18.2 Å².